The highest BCUT2D eigenvalue weighted by Crippen LogP contribution is 2.44. The van der Waals surface area contributed by atoms with E-state index >= 15 is 0 Å². The van der Waals surface area contributed by atoms with Crippen LogP contribution in [0.2, 0.25) is 0 Å². The molecule has 36 heavy (non-hydrogen) atoms. The van der Waals surface area contributed by atoms with Gasteiger partial charge in [-0.25, -0.2) is 13.4 Å². The highest BCUT2D eigenvalue weighted by molar-refractivity contribution is 7.91. The molecule has 0 saturated carbocycles. The number of fused-ring (bicyclic) bond motifs is 1. The summed E-state index contributed by atoms with van der Waals surface area (Å²) >= 11 is 0. The van der Waals surface area contributed by atoms with E-state index in [-0.39, 0.29) is 28.8 Å². The second-order valence-electron chi connectivity index (χ2n) is 9.55. The molecule has 0 aliphatic heterocycles. The summed E-state index contributed by atoms with van der Waals surface area (Å²) < 4.78 is 29.1. The van der Waals surface area contributed by atoms with Gasteiger partial charge in [0, 0.05) is 5.56 Å². The minimum Gasteiger partial charge on any atom is -0.495 e. The van der Waals surface area contributed by atoms with Crippen LogP contribution in [0.4, 0.5) is 5.82 Å². The van der Waals surface area contributed by atoms with E-state index in [1.165, 1.54) is 12.1 Å². The van der Waals surface area contributed by atoms with Gasteiger partial charge >= 0.3 is 0 Å². The number of carbonyl (C=O) groups is 2. The minimum absolute atomic E-state index is 0.0213. The number of benzene rings is 1. The van der Waals surface area contributed by atoms with Crippen LogP contribution < -0.4 is 10.1 Å². The fraction of sp³-hybridized carbons (Fsp3) is 0.333. The first-order valence-corrected chi connectivity index (χ1v) is 13.3. The average Bonchev–Trinajstić information content (AvgIpc) is 2.84. The number of pyridine rings is 2. The molecule has 1 amide bonds. The number of ether oxygens (including phenoxy) is 1. The van der Waals surface area contributed by atoms with Crippen molar-refractivity contribution in [3.05, 3.63) is 77.2 Å². The zero-order chi connectivity index (χ0) is 26.1. The Morgan fingerprint density at radius 3 is 2.44 bits per heavy atom. The molecule has 8 nitrogen and oxygen atoms in total. The molecule has 1 aliphatic carbocycles. The van der Waals surface area contributed by atoms with Gasteiger partial charge in [0.1, 0.15) is 11.6 Å². The number of carbonyl (C=O) groups excluding carboxylic acids is 2. The predicted octanol–water partition coefficient (Wildman–Crippen LogP) is 4.01. The average molecular weight is 508 g/mol. The Hall–Kier alpha value is -3.59. The molecule has 9 heteroatoms. The van der Waals surface area contributed by atoms with Crippen molar-refractivity contribution >= 4 is 27.3 Å². The van der Waals surface area contributed by atoms with Gasteiger partial charge in [-0.15, -0.1) is 0 Å². The van der Waals surface area contributed by atoms with E-state index in [1.807, 2.05) is 19.9 Å². The summed E-state index contributed by atoms with van der Waals surface area (Å²) in [6.45, 7) is 5.62. The third kappa shape index (κ3) is 5.16. The molecule has 1 atom stereocenters. The van der Waals surface area contributed by atoms with Crippen LogP contribution in [0, 0.1) is 5.41 Å². The van der Waals surface area contributed by atoms with E-state index in [4.69, 9.17) is 4.74 Å². The molecule has 2 heterocycles. The number of rotatable bonds is 7. The maximum atomic E-state index is 13.4. The molecular formula is C27H29N3O5S. The van der Waals surface area contributed by atoms with Gasteiger partial charge in [0.05, 0.1) is 47.7 Å². The molecule has 0 radical (unpaired) electrons. The van der Waals surface area contributed by atoms with Gasteiger partial charge in [0.15, 0.2) is 15.6 Å². The van der Waals surface area contributed by atoms with Gasteiger partial charge < -0.3 is 10.1 Å². The second-order valence-corrected chi connectivity index (χ2v) is 11.8. The van der Waals surface area contributed by atoms with Crippen molar-refractivity contribution in [1.82, 2.24) is 9.97 Å². The SMILES string of the molecule is CCS(=O)(=O)c1ccc(CC(=O)Nc2ccc3c(n2)CC(C)(C)C(c2ccc(OC)cn2)C3=O)cc1. The van der Waals surface area contributed by atoms with E-state index in [9.17, 15) is 18.0 Å². The lowest BCUT2D eigenvalue weighted by atomic mass is 9.66. The van der Waals surface area contributed by atoms with E-state index < -0.39 is 21.2 Å². The van der Waals surface area contributed by atoms with Crippen molar-refractivity contribution in [2.45, 2.75) is 44.4 Å². The van der Waals surface area contributed by atoms with Gasteiger partial charge in [-0.05, 0) is 53.8 Å². The van der Waals surface area contributed by atoms with Crippen LogP contribution in [0.3, 0.4) is 0 Å². The van der Waals surface area contributed by atoms with Gasteiger partial charge in [-0.3, -0.25) is 14.6 Å². The number of hydrogen-bond donors (Lipinski definition) is 1. The molecule has 3 aromatic rings. The Balaban J connectivity index is 1.49. The second kappa shape index (κ2) is 9.81. The van der Waals surface area contributed by atoms with Crippen LogP contribution in [0.1, 0.15) is 54.0 Å². The molecule has 0 fully saturated rings. The number of Topliss-reactive ketones (excluding diaryl/α,β-unsaturated/α-hetero) is 1. The number of sulfone groups is 1. The number of nitrogens with one attached hydrogen (secondary N) is 1. The number of amides is 1. The summed E-state index contributed by atoms with van der Waals surface area (Å²) in [6, 6.07) is 13.3. The first-order chi connectivity index (χ1) is 17.0. The smallest absolute Gasteiger partial charge is 0.229 e. The molecule has 1 unspecified atom stereocenters. The monoisotopic (exact) mass is 507 g/mol. The molecular weight excluding hydrogens is 478 g/mol. The number of ketones is 1. The zero-order valence-corrected chi connectivity index (χ0v) is 21.6. The van der Waals surface area contributed by atoms with Crippen molar-refractivity contribution in [2.75, 3.05) is 18.2 Å². The van der Waals surface area contributed by atoms with Crippen LogP contribution >= 0.6 is 0 Å². The lowest BCUT2D eigenvalue weighted by Gasteiger charge is -2.37. The van der Waals surface area contributed by atoms with E-state index in [1.54, 1.807) is 50.6 Å². The summed E-state index contributed by atoms with van der Waals surface area (Å²) in [4.78, 5) is 35.3. The topological polar surface area (TPSA) is 115 Å². The van der Waals surface area contributed by atoms with Crippen LogP contribution in [0.15, 0.2) is 59.6 Å². The molecule has 1 N–H and O–H groups in total. The number of aromatic nitrogens is 2. The largest absolute Gasteiger partial charge is 0.495 e. The van der Waals surface area contributed by atoms with E-state index in [0.29, 0.717) is 40.5 Å². The summed E-state index contributed by atoms with van der Waals surface area (Å²) in [5.74, 6) is 0.269. The fourth-order valence-electron chi connectivity index (χ4n) is 4.55. The molecule has 1 aliphatic rings. The van der Waals surface area contributed by atoms with Crippen LogP contribution in [-0.2, 0) is 27.5 Å². The van der Waals surface area contributed by atoms with Crippen molar-refractivity contribution in [3.63, 3.8) is 0 Å². The minimum atomic E-state index is -3.29. The molecule has 1 aromatic carbocycles. The van der Waals surface area contributed by atoms with Crippen molar-refractivity contribution in [1.29, 1.82) is 0 Å². The Labute approximate surface area is 211 Å². The number of hydrogen-bond acceptors (Lipinski definition) is 7. The predicted molar refractivity (Wildman–Crippen MR) is 136 cm³/mol. The lowest BCUT2D eigenvalue weighted by molar-refractivity contribution is -0.115. The quantitative estimate of drug-likeness (QED) is 0.514. The van der Waals surface area contributed by atoms with Crippen LogP contribution in [0.25, 0.3) is 0 Å². The summed E-state index contributed by atoms with van der Waals surface area (Å²) in [5.41, 5.74) is 2.12. The molecule has 0 bridgehead atoms. The Kier molecular flexibility index (Phi) is 6.95. The Morgan fingerprint density at radius 2 is 1.83 bits per heavy atom. The molecule has 0 spiro atoms. The van der Waals surface area contributed by atoms with Crippen molar-refractivity contribution in [3.8, 4) is 5.75 Å². The highest BCUT2D eigenvalue weighted by Gasteiger charge is 2.43. The zero-order valence-electron chi connectivity index (χ0n) is 20.7. The number of nitrogens with zero attached hydrogens (tertiary/aromatic N) is 2. The van der Waals surface area contributed by atoms with E-state index in [0.717, 1.165) is 0 Å². The van der Waals surface area contributed by atoms with Crippen LogP contribution in [0.5, 0.6) is 5.75 Å². The number of methoxy groups -OCH3 is 1. The van der Waals surface area contributed by atoms with Crippen LogP contribution in [-0.4, -0.2) is 42.9 Å². The summed E-state index contributed by atoms with van der Waals surface area (Å²) in [6.07, 6.45) is 2.23. The highest BCUT2D eigenvalue weighted by atomic mass is 32.2. The summed E-state index contributed by atoms with van der Waals surface area (Å²) in [7, 11) is -1.72. The molecule has 2 aromatic heterocycles. The first kappa shape index (κ1) is 25.5. The fourth-order valence-corrected chi connectivity index (χ4v) is 5.43. The van der Waals surface area contributed by atoms with Gasteiger partial charge in [-0.2, -0.15) is 0 Å². The number of anilines is 1. The Morgan fingerprint density at radius 1 is 1.11 bits per heavy atom. The van der Waals surface area contributed by atoms with Crippen molar-refractivity contribution < 1.29 is 22.7 Å². The normalized spacial score (nSPS) is 16.8. The third-order valence-electron chi connectivity index (χ3n) is 6.49. The van der Waals surface area contributed by atoms with Gasteiger partial charge in [-0.1, -0.05) is 32.9 Å². The molecule has 188 valence electrons. The summed E-state index contributed by atoms with van der Waals surface area (Å²) in [5, 5.41) is 2.79. The maximum Gasteiger partial charge on any atom is 0.229 e. The maximum absolute atomic E-state index is 13.4. The molecule has 0 saturated heterocycles. The standard InChI is InChI=1S/C27H29N3O5S/c1-5-36(33,34)19-9-6-17(7-10-19)14-24(31)30-23-13-11-20-22(29-23)15-27(2,3)25(26(20)32)21-12-8-18(35-4)16-28-21/h6-13,16,25H,5,14-15H2,1-4H3,(H,29,30,31). The lowest BCUT2D eigenvalue weighted by Crippen LogP contribution is -2.37. The molecule has 4 rings (SSSR count). The Bertz CT molecular complexity index is 1400. The van der Waals surface area contributed by atoms with Gasteiger partial charge in [0.2, 0.25) is 5.91 Å². The third-order valence-corrected chi connectivity index (χ3v) is 8.24. The van der Waals surface area contributed by atoms with Gasteiger partial charge in [0.25, 0.3) is 0 Å². The van der Waals surface area contributed by atoms with E-state index in [2.05, 4.69) is 15.3 Å². The van der Waals surface area contributed by atoms with Crippen molar-refractivity contribution in [2.24, 2.45) is 5.41 Å². The first-order valence-electron chi connectivity index (χ1n) is 11.7.